The van der Waals surface area contributed by atoms with E-state index in [1.54, 1.807) is 15.8 Å². The first kappa shape index (κ1) is 15.9. The molecule has 1 amide bonds. The van der Waals surface area contributed by atoms with Crippen LogP contribution >= 0.6 is 0 Å². The maximum Gasteiger partial charge on any atom is 0.311 e. The lowest BCUT2D eigenvalue weighted by atomic mass is 9.81. The Kier molecular flexibility index (Phi) is 3.63. The van der Waals surface area contributed by atoms with E-state index in [0.717, 1.165) is 24.9 Å². The van der Waals surface area contributed by atoms with Gasteiger partial charge in [0.25, 0.3) is 5.91 Å². The molecule has 2 fully saturated rings. The van der Waals surface area contributed by atoms with E-state index < -0.39 is 11.4 Å². The number of aryl methyl sites for hydroxylation is 1. The molecule has 8 heteroatoms. The quantitative estimate of drug-likeness (QED) is 0.878. The SMILES string of the molecule is CCn1cc(-c2[nH]ncc2C(=O)N2C[C@@H]3CCC[C@@]3(C(=O)O)C2)cn1. The number of H-pyrrole nitrogens is 1. The van der Waals surface area contributed by atoms with Gasteiger partial charge in [-0.25, -0.2) is 0 Å². The lowest BCUT2D eigenvalue weighted by Crippen LogP contribution is -2.37. The van der Waals surface area contributed by atoms with Gasteiger partial charge in [0, 0.05) is 31.4 Å². The Hall–Kier alpha value is -2.64. The van der Waals surface area contributed by atoms with Crippen LogP contribution in [0.3, 0.4) is 0 Å². The molecule has 2 aromatic heterocycles. The lowest BCUT2D eigenvalue weighted by molar-refractivity contribution is -0.149. The van der Waals surface area contributed by atoms with Gasteiger partial charge in [-0.3, -0.25) is 19.4 Å². The fraction of sp³-hybridized carbons (Fsp3) is 0.529. The minimum atomic E-state index is -0.776. The summed E-state index contributed by atoms with van der Waals surface area (Å²) in [5.41, 5.74) is 1.13. The number of carboxylic acid groups (broad SMARTS) is 1. The minimum Gasteiger partial charge on any atom is -0.481 e. The molecule has 2 aromatic rings. The largest absolute Gasteiger partial charge is 0.481 e. The third-order valence-corrected chi connectivity index (χ3v) is 5.70. The van der Waals surface area contributed by atoms with Crippen LogP contribution < -0.4 is 0 Å². The number of aromatic amines is 1. The van der Waals surface area contributed by atoms with Crippen molar-refractivity contribution >= 4 is 11.9 Å². The van der Waals surface area contributed by atoms with E-state index in [1.165, 1.54) is 6.20 Å². The maximum absolute atomic E-state index is 13.0. The Bertz CT molecular complexity index is 826. The Morgan fingerprint density at radius 3 is 2.96 bits per heavy atom. The molecule has 1 saturated heterocycles. The van der Waals surface area contributed by atoms with Crippen LogP contribution in [0.15, 0.2) is 18.6 Å². The van der Waals surface area contributed by atoms with Crippen LogP contribution in [-0.2, 0) is 11.3 Å². The Morgan fingerprint density at radius 1 is 1.44 bits per heavy atom. The second-order valence-corrected chi connectivity index (χ2v) is 6.98. The van der Waals surface area contributed by atoms with Crippen molar-refractivity contribution in [3.05, 3.63) is 24.2 Å². The molecule has 2 atom stereocenters. The molecule has 132 valence electrons. The normalized spacial score (nSPS) is 25.3. The topological polar surface area (TPSA) is 104 Å². The molecule has 1 saturated carbocycles. The number of aromatic nitrogens is 4. The smallest absolute Gasteiger partial charge is 0.311 e. The third kappa shape index (κ3) is 2.35. The van der Waals surface area contributed by atoms with E-state index in [9.17, 15) is 14.7 Å². The third-order valence-electron chi connectivity index (χ3n) is 5.70. The summed E-state index contributed by atoms with van der Waals surface area (Å²) < 4.78 is 1.78. The van der Waals surface area contributed by atoms with Crippen LogP contribution in [0.5, 0.6) is 0 Å². The second kappa shape index (κ2) is 5.72. The van der Waals surface area contributed by atoms with Gasteiger partial charge in [-0.05, 0) is 25.7 Å². The van der Waals surface area contributed by atoms with Crippen molar-refractivity contribution in [3.63, 3.8) is 0 Å². The van der Waals surface area contributed by atoms with Gasteiger partial charge in [0.1, 0.15) is 0 Å². The molecular formula is C17H21N5O3. The van der Waals surface area contributed by atoms with Crippen molar-refractivity contribution in [2.75, 3.05) is 13.1 Å². The summed E-state index contributed by atoms with van der Waals surface area (Å²) in [4.78, 5) is 26.5. The van der Waals surface area contributed by atoms with E-state index in [0.29, 0.717) is 24.2 Å². The van der Waals surface area contributed by atoms with E-state index >= 15 is 0 Å². The number of aliphatic carboxylic acids is 1. The first-order chi connectivity index (χ1) is 12.0. The van der Waals surface area contributed by atoms with Crippen molar-refractivity contribution in [1.29, 1.82) is 0 Å². The highest BCUT2D eigenvalue weighted by atomic mass is 16.4. The summed E-state index contributed by atoms with van der Waals surface area (Å²) >= 11 is 0. The average Bonchev–Trinajstić information content (AvgIpc) is 3.33. The van der Waals surface area contributed by atoms with E-state index in [4.69, 9.17) is 0 Å². The van der Waals surface area contributed by atoms with Crippen molar-refractivity contribution in [3.8, 4) is 11.3 Å². The summed E-state index contributed by atoms with van der Waals surface area (Å²) in [6.07, 6.45) is 7.53. The molecule has 0 bridgehead atoms. The predicted octanol–water partition coefficient (Wildman–Crippen LogP) is 1.62. The van der Waals surface area contributed by atoms with Gasteiger partial charge in [-0.1, -0.05) is 6.42 Å². The molecule has 1 aliphatic carbocycles. The number of amides is 1. The fourth-order valence-electron chi connectivity index (χ4n) is 4.30. The zero-order valence-electron chi connectivity index (χ0n) is 14.1. The molecular weight excluding hydrogens is 322 g/mol. The van der Waals surface area contributed by atoms with Crippen molar-refractivity contribution < 1.29 is 14.7 Å². The summed E-state index contributed by atoms with van der Waals surface area (Å²) in [6.45, 7) is 3.52. The number of nitrogens with zero attached hydrogens (tertiary/aromatic N) is 4. The molecule has 4 rings (SSSR count). The second-order valence-electron chi connectivity index (χ2n) is 6.98. The number of rotatable bonds is 4. The molecule has 0 spiro atoms. The number of hydrogen-bond donors (Lipinski definition) is 2. The monoisotopic (exact) mass is 343 g/mol. The standard InChI is InChI=1S/C17H21N5O3/c1-2-22-8-11(6-19-22)14-13(7-18-20-14)15(23)21-9-12-4-3-5-17(12,10-21)16(24)25/h6-8,12H,2-5,9-10H2,1H3,(H,18,20)(H,24,25)/t12-,17+/m0/s1. The highest BCUT2D eigenvalue weighted by Crippen LogP contribution is 2.49. The van der Waals surface area contributed by atoms with Gasteiger partial charge in [0.15, 0.2) is 0 Å². The molecule has 25 heavy (non-hydrogen) atoms. The summed E-state index contributed by atoms with van der Waals surface area (Å²) in [7, 11) is 0. The molecule has 2 N–H and O–H groups in total. The van der Waals surface area contributed by atoms with E-state index in [2.05, 4.69) is 15.3 Å². The van der Waals surface area contributed by atoms with Crippen molar-refractivity contribution in [1.82, 2.24) is 24.9 Å². The fourth-order valence-corrected chi connectivity index (χ4v) is 4.30. The minimum absolute atomic E-state index is 0.0483. The molecule has 0 unspecified atom stereocenters. The molecule has 1 aliphatic heterocycles. The van der Waals surface area contributed by atoms with Gasteiger partial charge in [0.2, 0.25) is 0 Å². The van der Waals surface area contributed by atoms with Gasteiger partial charge < -0.3 is 10.0 Å². The number of hydrogen-bond acceptors (Lipinski definition) is 4. The lowest BCUT2D eigenvalue weighted by Gasteiger charge is -2.23. The van der Waals surface area contributed by atoms with Crippen LogP contribution in [0.1, 0.15) is 36.5 Å². The van der Waals surface area contributed by atoms with Crippen LogP contribution in [0.25, 0.3) is 11.3 Å². The van der Waals surface area contributed by atoms with Crippen molar-refractivity contribution in [2.24, 2.45) is 11.3 Å². The van der Waals surface area contributed by atoms with Crippen LogP contribution in [0, 0.1) is 11.3 Å². The predicted molar refractivity (Wildman–Crippen MR) is 88.8 cm³/mol. The molecule has 3 heterocycles. The molecule has 2 aliphatic rings. The number of fused-ring (bicyclic) bond motifs is 1. The summed E-state index contributed by atoms with van der Waals surface area (Å²) in [5, 5.41) is 20.8. The highest BCUT2D eigenvalue weighted by Gasteiger charge is 2.56. The number of carbonyl (C=O) groups excluding carboxylic acids is 1. The summed E-state index contributed by atoms with van der Waals surface area (Å²) in [5.74, 6) is -0.892. The summed E-state index contributed by atoms with van der Waals surface area (Å²) in [6, 6.07) is 0. The highest BCUT2D eigenvalue weighted by molar-refractivity contribution is 6.00. The van der Waals surface area contributed by atoms with Gasteiger partial charge in [0.05, 0.1) is 29.1 Å². The zero-order chi connectivity index (χ0) is 17.6. The van der Waals surface area contributed by atoms with Gasteiger partial charge >= 0.3 is 5.97 Å². The number of carbonyl (C=O) groups is 2. The first-order valence-electron chi connectivity index (χ1n) is 8.64. The number of likely N-dealkylation sites (tertiary alicyclic amines) is 1. The Labute approximate surface area is 144 Å². The molecule has 0 radical (unpaired) electrons. The van der Waals surface area contributed by atoms with Crippen molar-refractivity contribution in [2.45, 2.75) is 32.7 Å². The van der Waals surface area contributed by atoms with Crippen LogP contribution in [-0.4, -0.2) is 55.0 Å². The van der Waals surface area contributed by atoms with Gasteiger partial charge in [-0.2, -0.15) is 10.2 Å². The Morgan fingerprint density at radius 2 is 2.28 bits per heavy atom. The van der Waals surface area contributed by atoms with E-state index in [-0.39, 0.29) is 18.4 Å². The van der Waals surface area contributed by atoms with Gasteiger partial charge in [-0.15, -0.1) is 0 Å². The van der Waals surface area contributed by atoms with Crippen LogP contribution in [0.2, 0.25) is 0 Å². The maximum atomic E-state index is 13.0. The number of nitrogens with one attached hydrogen (secondary N) is 1. The van der Waals surface area contributed by atoms with Crippen LogP contribution in [0.4, 0.5) is 0 Å². The Balaban J connectivity index is 1.61. The number of carboxylic acids is 1. The first-order valence-corrected chi connectivity index (χ1v) is 8.64. The molecule has 8 nitrogen and oxygen atoms in total. The van der Waals surface area contributed by atoms with E-state index in [1.807, 2.05) is 13.1 Å². The zero-order valence-corrected chi connectivity index (χ0v) is 14.1. The average molecular weight is 343 g/mol. The molecule has 0 aromatic carbocycles.